The maximum atomic E-state index is 8.96. The zero-order valence-electron chi connectivity index (χ0n) is 10.3. The van der Waals surface area contributed by atoms with Crippen molar-refractivity contribution < 1.29 is 0 Å². The molecule has 2 heterocycles. The quantitative estimate of drug-likeness (QED) is 0.744. The molecular formula is C12H22N4. The van der Waals surface area contributed by atoms with Gasteiger partial charge in [-0.25, -0.2) is 0 Å². The number of likely N-dealkylation sites (tertiary alicyclic amines) is 1. The molecule has 90 valence electrons. The van der Waals surface area contributed by atoms with Crippen LogP contribution in [0.25, 0.3) is 0 Å². The third-order valence-electron chi connectivity index (χ3n) is 4.18. The molecule has 16 heavy (non-hydrogen) atoms. The van der Waals surface area contributed by atoms with Crippen molar-refractivity contribution in [3.63, 3.8) is 0 Å². The second-order valence-electron chi connectivity index (χ2n) is 5.07. The Hall–Kier alpha value is -0.630. The van der Waals surface area contributed by atoms with E-state index in [9.17, 15) is 0 Å². The molecule has 2 saturated heterocycles. The maximum Gasteiger partial charge on any atom is 0.108 e. The van der Waals surface area contributed by atoms with E-state index < -0.39 is 0 Å². The van der Waals surface area contributed by atoms with Crippen molar-refractivity contribution in [1.82, 2.24) is 15.1 Å². The van der Waals surface area contributed by atoms with Crippen molar-refractivity contribution in [2.45, 2.75) is 37.4 Å². The topological polar surface area (TPSA) is 42.3 Å². The van der Waals surface area contributed by atoms with Gasteiger partial charge in [0.05, 0.1) is 6.07 Å². The van der Waals surface area contributed by atoms with Crippen molar-refractivity contribution in [2.75, 3.05) is 33.7 Å². The van der Waals surface area contributed by atoms with Gasteiger partial charge in [-0.3, -0.25) is 9.80 Å². The third kappa shape index (κ3) is 2.37. The first-order valence-electron chi connectivity index (χ1n) is 6.25. The van der Waals surface area contributed by atoms with Crippen molar-refractivity contribution in [3.05, 3.63) is 0 Å². The molecule has 2 aliphatic heterocycles. The fourth-order valence-electron chi connectivity index (χ4n) is 3.00. The summed E-state index contributed by atoms with van der Waals surface area (Å²) in [4.78, 5) is 4.99. The molecule has 2 rings (SSSR count). The van der Waals surface area contributed by atoms with E-state index >= 15 is 0 Å². The smallest absolute Gasteiger partial charge is 0.108 e. The van der Waals surface area contributed by atoms with Gasteiger partial charge in [-0.2, -0.15) is 5.26 Å². The molecule has 3 atom stereocenters. The van der Waals surface area contributed by atoms with Gasteiger partial charge in [0.15, 0.2) is 0 Å². The number of nitriles is 1. The van der Waals surface area contributed by atoms with E-state index in [1.54, 1.807) is 0 Å². The van der Waals surface area contributed by atoms with Gasteiger partial charge in [0.1, 0.15) is 6.04 Å². The Bertz CT molecular complexity index is 273. The summed E-state index contributed by atoms with van der Waals surface area (Å²) in [6, 6.07) is 3.78. The number of rotatable bonds is 3. The number of nitrogens with zero attached hydrogens (tertiary/aromatic N) is 3. The van der Waals surface area contributed by atoms with Crippen molar-refractivity contribution in [3.8, 4) is 6.07 Å². The highest BCUT2D eigenvalue weighted by molar-refractivity contribution is 4.95. The normalized spacial score (nSPS) is 33.3. The maximum absolute atomic E-state index is 8.96. The molecule has 4 heteroatoms. The molecule has 0 aliphatic carbocycles. The van der Waals surface area contributed by atoms with Crippen LogP contribution in [-0.4, -0.2) is 61.7 Å². The molecule has 2 fully saturated rings. The molecule has 0 aromatic heterocycles. The van der Waals surface area contributed by atoms with E-state index in [2.05, 4.69) is 28.2 Å². The van der Waals surface area contributed by atoms with E-state index in [4.69, 9.17) is 5.26 Å². The lowest BCUT2D eigenvalue weighted by Gasteiger charge is -2.26. The van der Waals surface area contributed by atoms with Crippen LogP contribution in [0.4, 0.5) is 0 Å². The Morgan fingerprint density at radius 2 is 2.12 bits per heavy atom. The van der Waals surface area contributed by atoms with Gasteiger partial charge < -0.3 is 5.32 Å². The van der Waals surface area contributed by atoms with Crippen molar-refractivity contribution >= 4 is 0 Å². The molecule has 0 aromatic rings. The van der Waals surface area contributed by atoms with Gasteiger partial charge in [0.2, 0.25) is 0 Å². The SMILES string of the molecule is CNC(C#N)CN1CCC2CCC(C1)N2C. The average molecular weight is 222 g/mol. The highest BCUT2D eigenvalue weighted by Crippen LogP contribution is 2.28. The summed E-state index contributed by atoms with van der Waals surface area (Å²) in [5, 5.41) is 12.0. The highest BCUT2D eigenvalue weighted by Gasteiger charge is 2.34. The lowest BCUT2D eigenvalue weighted by atomic mass is 10.1. The van der Waals surface area contributed by atoms with Crippen LogP contribution >= 0.6 is 0 Å². The number of likely N-dealkylation sites (N-methyl/N-ethyl adjacent to an activating group) is 2. The number of fused-ring (bicyclic) bond motifs is 2. The summed E-state index contributed by atoms with van der Waals surface area (Å²) >= 11 is 0. The zero-order valence-corrected chi connectivity index (χ0v) is 10.3. The summed E-state index contributed by atoms with van der Waals surface area (Å²) in [6.07, 6.45) is 3.95. The predicted octanol–water partition coefficient (Wildman–Crippen LogP) is 0.266. The van der Waals surface area contributed by atoms with Gasteiger partial charge >= 0.3 is 0 Å². The van der Waals surface area contributed by atoms with E-state index in [-0.39, 0.29) is 6.04 Å². The minimum atomic E-state index is -0.0260. The number of hydrogen-bond acceptors (Lipinski definition) is 4. The van der Waals surface area contributed by atoms with E-state index in [1.807, 2.05) is 7.05 Å². The first kappa shape index (κ1) is 11.8. The molecule has 0 saturated carbocycles. The molecule has 2 bridgehead atoms. The summed E-state index contributed by atoms with van der Waals surface area (Å²) in [5.41, 5.74) is 0. The summed E-state index contributed by atoms with van der Waals surface area (Å²) in [5.74, 6) is 0. The van der Waals surface area contributed by atoms with E-state index in [0.717, 1.165) is 25.7 Å². The van der Waals surface area contributed by atoms with Crippen LogP contribution in [0, 0.1) is 11.3 Å². The Morgan fingerprint density at radius 3 is 2.81 bits per heavy atom. The predicted molar refractivity (Wildman–Crippen MR) is 64.1 cm³/mol. The second-order valence-corrected chi connectivity index (χ2v) is 5.07. The van der Waals surface area contributed by atoms with Gasteiger partial charge in [0.25, 0.3) is 0 Å². The van der Waals surface area contributed by atoms with E-state index in [0.29, 0.717) is 6.04 Å². The molecule has 0 spiro atoms. The lowest BCUT2D eigenvalue weighted by molar-refractivity contribution is 0.214. The largest absolute Gasteiger partial charge is 0.304 e. The van der Waals surface area contributed by atoms with Crippen LogP contribution < -0.4 is 5.32 Å². The minimum absolute atomic E-state index is 0.0260. The zero-order chi connectivity index (χ0) is 11.5. The van der Waals surface area contributed by atoms with Gasteiger partial charge in [-0.15, -0.1) is 0 Å². The Kier molecular flexibility index (Phi) is 3.80. The lowest BCUT2D eigenvalue weighted by Crippen LogP contribution is -2.43. The molecular weight excluding hydrogens is 200 g/mol. The first-order valence-corrected chi connectivity index (χ1v) is 6.25. The number of hydrogen-bond donors (Lipinski definition) is 1. The van der Waals surface area contributed by atoms with Crippen LogP contribution in [0.1, 0.15) is 19.3 Å². The fourth-order valence-corrected chi connectivity index (χ4v) is 3.00. The summed E-state index contributed by atoms with van der Waals surface area (Å²) in [6.45, 7) is 3.14. The molecule has 0 amide bonds. The summed E-state index contributed by atoms with van der Waals surface area (Å²) < 4.78 is 0. The molecule has 2 aliphatic rings. The second kappa shape index (κ2) is 5.13. The minimum Gasteiger partial charge on any atom is -0.304 e. The Morgan fingerprint density at radius 1 is 1.38 bits per heavy atom. The third-order valence-corrected chi connectivity index (χ3v) is 4.18. The average Bonchev–Trinajstić information content (AvgIpc) is 2.53. The molecule has 0 radical (unpaired) electrons. The van der Waals surface area contributed by atoms with Crippen LogP contribution in [0.15, 0.2) is 0 Å². The highest BCUT2D eigenvalue weighted by atomic mass is 15.3. The fraction of sp³-hybridized carbons (Fsp3) is 0.917. The standard InChI is InChI=1S/C12H22N4/c1-14-10(7-13)8-16-6-5-11-3-4-12(9-16)15(11)2/h10-12,14H,3-6,8-9H2,1-2H3. The Labute approximate surface area is 98.2 Å². The number of nitrogens with one attached hydrogen (secondary N) is 1. The molecule has 1 N–H and O–H groups in total. The van der Waals surface area contributed by atoms with Gasteiger partial charge in [-0.1, -0.05) is 0 Å². The monoisotopic (exact) mass is 222 g/mol. The Balaban J connectivity index is 1.91. The van der Waals surface area contributed by atoms with Gasteiger partial charge in [-0.05, 0) is 39.9 Å². The van der Waals surface area contributed by atoms with E-state index in [1.165, 1.54) is 19.3 Å². The van der Waals surface area contributed by atoms with Crippen molar-refractivity contribution in [1.29, 1.82) is 5.26 Å². The first-order chi connectivity index (χ1) is 7.74. The molecule has 0 aromatic carbocycles. The van der Waals surface area contributed by atoms with Crippen molar-refractivity contribution in [2.24, 2.45) is 0 Å². The van der Waals surface area contributed by atoms with Crippen LogP contribution in [-0.2, 0) is 0 Å². The van der Waals surface area contributed by atoms with Crippen LogP contribution in [0.3, 0.4) is 0 Å². The molecule has 3 unspecified atom stereocenters. The van der Waals surface area contributed by atoms with Crippen LogP contribution in [0.5, 0.6) is 0 Å². The van der Waals surface area contributed by atoms with Crippen LogP contribution in [0.2, 0.25) is 0 Å². The summed E-state index contributed by atoms with van der Waals surface area (Å²) in [7, 11) is 4.12. The molecule has 4 nitrogen and oxygen atoms in total. The van der Waals surface area contributed by atoms with Gasteiger partial charge in [0, 0.05) is 25.2 Å².